The van der Waals surface area contributed by atoms with Crippen LogP contribution in [0.15, 0.2) is 29.2 Å². The van der Waals surface area contributed by atoms with Crippen LogP contribution in [0.2, 0.25) is 0 Å². The number of hydrogen-bond acceptors (Lipinski definition) is 5. The highest BCUT2D eigenvalue weighted by atomic mass is 32.2. The Labute approximate surface area is 118 Å². The van der Waals surface area contributed by atoms with E-state index in [1.807, 2.05) is 0 Å². The minimum absolute atomic E-state index is 0.0802. The number of aryl methyl sites for hydroxylation is 1. The predicted octanol–water partition coefficient (Wildman–Crippen LogP) is 2.60. The van der Waals surface area contributed by atoms with Gasteiger partial charge in [0.15, 0.2) is 5.82 Å². The zero-order valence-corrected chi connectivity index (χ0v) is 11.7. The van der Waals surface area contributed by atoms with Crippen molar-refractivity contribution in [2.75, 3.05) is 11.6 Å². The Hall–Kier alpha value is -2.35. The van der Waals surface area contributed by atoms with Gasteiger partial charge in [-0.3, -0.25) is 20.0 Å². The van der Waals surface area contributed by atoms with Gasteiger partial charge >= 0.3 is 0 Å². The van der Waals surface area contributed by atoms with Crippen LogP contribution in [-0.4, -0.2) is 27.3 Å². The number of rotatable bonds is 4. The molecule has 0 aliphatic heterocycles. The summed E-state index contributed by atoms with van der Waals surface area (Å²) in [5, 5.41) is 20.1. The first kappa shape index (κ1) is 14.1. The van der Waals surface area contributed by atoms with Gasteiger partial charge in [0.25, 0.3) is 11.6 Å². The van der Waals surface area contributed by atoms with Crippen molar-refractivity contribution in [3.8, 4) is 0 Å². The van der Waals surface area contributed by atoms with E-state index in [1.54, 1.807) is 31.4 Å². The zero-order chi connectivity index (χ0) is 14.7. The molecule has 2 aromatic rings. The molecule has 20 heavy (non-hydrogen) atoms. The average molecular weight is 292 g/mol. The molecule has 7 nitrogen and oxygen atoms in total. The molecule has 1 aromatic carbocycles. The molecule has 0 fully saturated rings. The number of hydrogen-bond donors (Lipinski definition) is 2. The summed E-state index contributed by atoms with van der Waals surface area (Å²) in [6.45, 7) is 1.81. The summed E-state index contributed by atoms with van der Waals surface area (Å²) in [7, 11) is 0. The number of H-pyrrole nitrogens is 1. The minimum atomic E-state index is -0.499. The Kier molecular flexibility index (Phi) is 4.04. The van der Waals surface area contributed by atoms with Crippen LogP contribution >= 0.6 is 11.8 Å². The van der Waals surface area contributed by atoms with Crippen LogP contribution in [0.5, 0.6) is 0 Å². The minimum Gasteiger partial charge on any atom is -0.305 e. The summed E-state index contributed by atoms with van der Waals surface area (Å²) in [5.41, 5.74) is 0.947. The molecule has 0 bridgehead atoms. The topological polar surface area (TPSA) is 101 Å². The molecule has 0 saturated carbocycles. The Bertz CT molecular complexity index is 668. The second-order valence-corrected chi connectivity index (χ2v) is 4.88. The Balaban J connectivity index is 2.26. The van der Waals surface area contributed by atoms with Crippen molar-refractivity contribution >= 4 is 29.2 Å². The highest BCUT2D eigenvalue weighted by Crippen LogP contribution is 2.28. The van der Waals surface area contributed by atoms with E-state index >= 15 is 0 Å². The van der Waals surface area contributed by atoms with Gasteiger partial charge in [0.1, 0.15) is 0 Å². The largest absolute Gasteiger partial charge is 0.305 e. The fraction of sp³-hybridized carbons (Fsp3) is 0.167. The molecule has 0 aliphatic carbocycles. The second kappa shape index (κ2) is 5.74. The summed E-state index contributed by atoms with van der Waals surface area (Å²) < 4.78 is 0. The van der Waals surface area contributed by atoms with E-state index in [4.69, 9.17) is 0 Å². The van der Waals surface area contributed by atoms with Crippen molar-refractivity contribution in [3.63, 3.8) is 0 Å². The Morgan fingerprint density at radius 1 is 1.45 bits per heavy atom. The Morgan fingerprint density at radius 3 is 2.75 bits per heavy atom. The molecular formula is C12H12N4O3S. The first-order chi connectivity index (χ1) is 9.51. The van der Waals surface area contributed by atoms with Gasteiger partial charge in [0.05, 0.1) is 9.82 Å². The maximum Gasteiger partial charge on any atom is 0.283 e. The van der Waals surface area contributed by atoms with E-state index < -0.39 is 10.8 Å². The van der Waals surface area contributed by atoms with Gasteiger partial charge in [-0.2, -0.15) is 5.10 Å². The number of aromatic nitrogens is 2. The first-order valence-electron chi connectivity index (χ1n) is 5.67. The lowest BCUT2D eigenvalue weighted by molar-refractivity contribution is -0.387. The number of amides is 1. The zero-order valence-electron chi connectivity index (χ0n) is 10.8. The van der Waals surface area contributed by atoms with Crippen LogP contribution in [0.3, 0.4) is 0 Å². The molecule has 1 amide bonds. The van der Waals surface area contributed by atoms with Crippen LogP contribution in [0.1, 0.15) is 16.1 Å². The quantitative estimate of drug-likeness (QED) is 0.512. The fourth-order valence-electron chi connectivity index (χ4n) is 1.64. The van der Waals surface area contributed by atoms with Gasteiger partial charge in [0, 0.05) is 23.4 Å². The SMILES string of the molecule is CSc1ccc(C(=O)Nc2cc(C)[nH]n2)cc1[N+](=O)[O-]. The predicted molar refractivity (Wildman–Crippen MR) is 76.2 cm³/mol. The molecule has 1 heterocycles. The molecule has 2 rings (SSSR count). The molecule has 104 valence electrons. The van der Waals surface area contributed by atoms with Gasteiger partial charge < -0.3 is 5.32 Å². The van der Waals surface area contributed by atoms with Gasteiger partial charge in [-0.05, 0) is 25.3 Å². The lowest BCUT2D eigenvalue weighted by Crippen LogP contribution is -2.12. The number of thioether (sulfide) groups is 1. The van der Waals surface area contributed by atoms with E-state index in [-0.39, 0.29) is 11.3 Å². The molecule has 0 aliphatic rings. The maximum atomic E-state index is 12.0. The van der Waals surface area contributed by atoms with Crippen molar-refractivity contribution in [1.82, 2.24) is 10.2 Å². The molecule has 0 radical (unpaired) electrons. The third kappa shape index (κ3) is 2.97. The van der Waals surface area contributed by atoms with Crippen LogP contribution in [0.25, 0.3) is 0 Å². The van der Waals surface area contributed by atoms with Gasteiger partial charge in [-0.1, -0.05) is 0 Å². The third-order valence-corrected chi connectivity index (χ3v) is 3.37. The monoisotopic (exact) mass is 292 g/mol. The van der Waals surface area contributed by atoms with E-state index in [2.05, 4.69) is 15.5 Å². The smallest absolute Gasteiger partial charge is 0.283 e. The Morgan fingerprint density at radius 2 is 2.20 bits per heavy atom. The number of aromatic amines is 1. The molecular weight excluding hydrogens is 280 g/mol. The van der Waals surface area contributed by atoms with Crippen LogP contribution < -0.4 is 5.32 Å². The van der Waals surface area contributed by atoms with Crippen LogP contribution in [0.4, 0.5) is 11.5 Å². The number of carbonyl (C=O) groups is 1. The van der Waals surface area contributed by atoms with Gasteiger partial charge in [0.2, 0.25) is 0 Å². The maximum absolute atomic E-state index is 12.0. The number of nitrogens with zero attached hydrogens (tertiary/aromatic N) is 2. The van der Waals surface area contributed by atoms with E-state index in [1.165, 1.54) is 17.8 Å². The average Bonchev–Trinajstić information content (AvgIpc) is 2.83. The highest BCUT2D eigenvalue weighted by molar-refractivity contribution is 7.98. The molecule has 0 atom stereocenters. The van der Waals surface area contributed by atoms with Crippen LogP contribution in [0, 0.1) is 17.0 Å². The molecule has 0 spiro atoms. The molecule has 0 unspecified atom stereocenters. The normalized spacial score (nSPS) is 10.3. The highest BCUT2D eigenvalue weighted by Gasteiger charge is 2.17. The summed E-state index contributed by atoms with van der Waals surface area (Å²) in [6, 6.07) is 6.05. The summed E-state index contributed by atoms with van der Waals surface area (Å²) >= 11 is 1.26. The number of nitro groups is 1. The lowest BCUT2D eigenvalue weighted by atomic mass is 10.2. The van der Waals surface area contributed by atoms with Crippen molar-refractivity contribution in [1.29, 1.82) is 0 Å². The van der Waals surface area contributed by atoms with Crippen molar-refractivity contribution in [2.45, 2.75) is 11.8 Å². The van der Waals surface area contributed by atoms with Crippen molar-refractivity contribution < 1.29 is 9.72 Å². The molecule has 8 heteroatoms. The summed E-state index contributed by atoms with van der Waals surface area (Å²) in [5.74, 6) is -0.0589. The number of benzene rings is 1. The van der Waals surface area contributed by atoms with Gasteiger partial charge in [-0.25, -0.2) is 0 Å². The van der Waals surface area contributed by atoms with E-state index in [0.717, 1.165) is 5.69 Å². The summed E-state index contributed by atoms with van der Waals surface area (Å²) in [4.78, 5) is 23.0. The van der Waals surface area contributed by atoms with Crippen molar-refractivity contribution in [2.24, 2.45) is 0 Å². The third-order valence-electron chi connectivity index (χ3n) is 2.59. The first-order valence-corrected chi connectivity index (χ1v) is 6.89. The standard InChI is InChI=1S/C12H12N4O3S/c1-7-5-11(15-14-7)13-12(17)8-3-4-10(20-2)9(6-8)16(18)19/h3-6H,1-2H3,(H2,13,14,15,17). The lowest BCUT2D eigenvalue weighted by Gasteiger charge is -2.04. The van der Waals surface area contributed by atoms with E-state index in [9.17, 15) is 14.9 Å². The molecule has 2 N–H and O–H groups in total. The number of carbonyl (C=O) groups excluding carboxylic acids is 1. The number of nitro benzene ring substituents is 1. The fourth-order valence-corrected chi connectivity index (χ4v) is 2.19. The number of nitrogens with one attached hydrogen (secondary N) is 2. The second-order valence-electron chi connectivity index (χ2n) is 4.03. The van der Waals surface area contributed by atoms with Crippen LogP contribution in [-0.2, 0) is 0 Å². The molecule has 0 saturated heterocycles. The van der Waals surface area contributed by atoms with Crippen molar-refractivity contribution in [3.05, 3.63) is 45.6 Å². The van der Waals surface area contributed by atoms with E-state index in [0.29, 0.717) is 10.7 Å². The number of anilines is 1. The summed E-state index contributed by atoms with van der Waals surface area (Å²) in [6.07, 6.45) is 1.74. The van der Waals surface area contributed by atoms with Gasteiger partial charge in [-0.15, -0.1) is 11.8 Å². The molecule has 1 aromatic heterocycles.